The number of amides is 3. The van der Waals surface area contributed by atoms with E-state index in [2.05, 4.69) is 24.5 Å². The number of carbonyl (C=O) groups excluding carboxylic acids is 3. The summed E-state index contributed by atoms with van der Waals surface area (Å²) in [5.41, 5.74) is -0.591. The first kappa shape index (κ1) is 25.2. The molecular weight excluding hydrogens is 482 g/mol. The molecule has 1 spiro atoms. The molecule has 0 aromatic heterocycles. The van der Waals surface area contributed by atoms with E-state index in [-0.39, 0.29) is 36.9 Å². The maximum absolute atomic E-state index is 13.8. The molecule has 4 aliphatic rings. The van der Waals surface area contributed by atoms with Crippen molar-refractivity contribution in [2.75, 3.05) is 25.6 Å². The fraction of sp³-hybridized carbons (Fsp3) is 0.593. The van der Waals surface area contributed by atoms with Crippen LogP contribution in [0.3, 0.4) is 0 Å². The van der Waals surface area contributed by atoms with Gasteiger partial charge in [0.15, 0.2) is 0 Å². The van der Waals surface area contributed by atoms with Crippen LogP contribution in [0.5, 0.6) is 0 Å². The molecule has 1 aliphatic carbocycles. The molecule has 2 bridgehead atoms. The van der Waals surface area contributed by atoms with Gasteiger partial charge in [-0.3, -0.25) is 14.4 Å². The van der Waals surface area contributed by atoms with Gasteiger partial charge in [0.1, 0.15) is 11.6 Å². The molecule has 36 heavy (non-hydrogen) atoms. The van der Waals surface area contributed by atoms with Crippen LogP contribution in [0.25, 0.3) is 0 Å². The summed E-state index contributed by atoms with van der Waals surface area (Å²) in [6.07, 6.45) is 6.21. The number of hydrogen-bond acceptors (Lipinski definition) is 5. The number of likely N-dealkylation sites (tertiary alicyclic amines) is 1. The maximum Gasteiger partial charge on any atom is 0.246 e. The number of ether oxygens (including phenoxy) is 2. The molecule has 8 unspecified atom stereocenters. The Hall–Kier alpha value is -2.42. The van der Waals surface area contributed by atoms with Gasteiger partial charge in [0.2, 0.25) is 17.7 Å². The van der Waals surface area contributed by atoms with E-state index in [4.69, 9.17) is 21.1 Å². The summed E-state index contributed by atoms with van der Waals surface area (Å²) in [6.45, 7) is 4.92. The summed E-state index contributed by atoms with van der Waals surface area (Å²) in [5.74, 6) is -1.45. The van der Waals surface area contributed by atoms with E-state index in [0.29, 0.717) is 22.5 Å². The molecule has 1 aromatic rings. The Morgan fingerprint density at radius 3 is 2.67 bits per heavy atom. The molecule has 194 valence electrons. The van der Waals surface area contributed by atoms with Gasteiger partial charge in [-0.05, 0) is 42.5 Å². The normalized spacial score (nSPS) is 36.7. The highest BCUT2D eigenvalue weighted by Gasteiger charge is 2.72. The predicted molar refractivity (Wildman–Crippen MR) is 135 cm³/mol. The number of hydrogen-bond donors (Lipinski definition) is 2. The van der Waals surface area contributed by atoms with Crippen LogP contribution in [0.15, 0.2) is 36.4 Å². The third-order valence-corrected chi connectivity index (χ3v) is 8.86. The Kier molecular flexibility index (Phi) is 6.87. The second-order valence-electron chi connectivity index (χ2n) is 10.6. The zero-order valence-corrected chi connectivity index (χ0v) is 21.7. The van der Waals surface area contributed by atoms with Crippen molar-refractivity contribution >= 4 is 35.0 Å². The predicted octanol–water partition coefficient (Wildman–Crippen LogP) is 3.02. The van der Waals surface area contributed by atoms with E-state index in [1.165, 1.54) is 0 Å². The van der Waals surface area contributed by atoms with Crippen molar-refractivity contribution in [2.45, 2.75) is 56.9 Å². The number of halogens is 1. The van der Waals surface area contributed by atoms with E-state index < -0.39 is 29.6 Å². The highest BCUT2D eigenvalue weighted by atomic mass is 35.5. The van der Waals surface area contributed by atoms with Crippen molar-refractivity contribution in [3.63, 3.8) is 0 Å². The lowest BCUT2D eigenvalue weighted by molar-refractivity contribution is -0.142. The minimum atomic E-state index is -1.18. The largest absolute Gasteiger partial charge is 0.383 e. The molecular formula is C27H34ClN3O5. The van der Waals surface area contributed by atoms with E-state index in [1.807, 2.05) is 12.2 Å². The molecule has 9 heteroatoms. The molecule has 3 aliphatic heterocycles. The molecule has 2 saturated heterocycles. The second-order valence-corrected chi connectivity index (χ2v) is 11.0. The molecule has 1 aromatic carbocycles. The van der Waals surface area contributed by atoms with Crippen molar-refractivity contribution in [3.05, 3.63) is 41.4 Å². The number of nitrogens with one attached hydrogen (secondary N) is 2. The molecule has 0 radical (unpaired) electrons. The average molecular weight is 516 g/mol. The minimum absolute atomic E-state index is 0.0441. The molecule has 1 saturated carbocycles. The first-order chi connectivity index (χ1) is 17.3. The Morgan fingerprint density at radius 2 is 1.94 bits per heavy atom. The van der Waals surface area contributed by atoms with Crippen LogP contribution in [-0.4, -0.2) is 66.7 Å². The number of carbonyl (C=O) groups is 3. The lowest BCUT2D eigenvalue weighted by Gasteiger charge is -2.38. The number of benzene rings is 1. The SMILES string of the molecule is COCCN1C(=O)C2C(C(=O)Nc3ccc(Cl)cc3)C3C=CC2(O3)C1C(=O)NC1CCCC(C)C1C. The number of methoxy groups -OCH3 is 1. The van der Waals surface area contributed by atoms with Gasteiger partial charge in [-0.1, -0.05) is 50.4 Å². The highest BCUT2D eigenvalue weighted by Crippen LogP contribution is 2.55. The standard InChI is InChI=1S/C27H34ClN3O5/c1-15-5-4-6-19(16(15)2)30-25(33)23-27-12-11-20(36-27)21(22(27)26(34)31(23)13-14-35-3)24(32)29-18-9-7-17(28)8-10-18/h7-12,15-16,19-23H,4-6,13-14H2,1-3H3,(H,29,32)(H,30,33). The van der Waals surface area contributed by atoms with Crippen LogP contribution >= 0.6 is 11.6 Å². The molecule has 8 nitrogen and oxygen atoms in total. The van der Waals surface area contributed by atoms with Crippen LogP contribution < -0.4 is 10.6 Å². The zero-order chi connectivity index (χ0) is 25.6. The van der Waals surface area contributed by atoms with Crippen LogP contribution in [0.4, 0.5) is 5.69 Å². The monoisotopic (exact) mass is 515 g/mol. The summed E-state index contributed by atoms with van der Waals surface area (Å²) in [7, 11) is 1.56. The third kappa shape index (κ3) is 4.13. The van der Waals surface area contributed by atoms with Gasteiger partial charge in [-0.25, -0.2) is 0 Å². The van der Waals surface area contributed by atoms with Crippen LogP contribution in [0.2, 0.25) is 5.02 Å². The van der Waals surface area contributed by atoms with Crippen LogP contribution in [0.1, 0.15) is 33.1 Å². The van der Waals surface area contributed by atoms with E-state index in [0.717, 1.165) is 19.3 Å². The Morgan fingerprint density at radius 1 is 1.19 bits per heavy atom. The lowest BCUT2D eigenvalue weighted by Crippen LogP contribution is -2.58. The Labute approximate surface area is 216 Å². The lowest BCUT2D eigenvalue weighted by atomic mass is 9.73. The van der Waals surface area contributed by atoms with Crippen molar-refractivity contribution in [1.29, 1.82) is 0 Å². The summed E-state index contributed by atoms with van der Waals surface area (Å²) in [5, 5.41) is 6.71. The zero-order valence-electron chi connectivity index (χ0n) is 20.9. The van der Waals surface area contributed by atoms with Crippen molar-refractivity contribution in [2.24, 2.45) is 23.7 Å². The van der Waals surface area contributed by atoms with Gasteiger partial charge < -0.3 is 25.0 Å². The van der Waals surface area contributed by atoms with Gasteiger partial charge in [0.25, 0.3) is 0 Å². The number of rotatable bonds is 7. The third-order valence-electron chi connectivity index (χ3n) is 8.61. The van der Waals surface area contributed by atoms with Crippen molar-refractivity contribution in [1.82, 2.24) is 10.2 Å². The highest BCUT2D eigenvalue weighted by molar-refractivity contribution is 6.30. The quantitative estimate of drug-likeness (QED) is 0.544. The summed E-state index contributed by atoms with van der Waals surface area (Å²) >= 11 is 5.97. The van der Waals surface area contributed by atoms with E-state index in [9.17, 15) is 14.4 Å². The number of anilines is 1. The molecule has 3 amide bonds. The maximum atomic E-state index is 13.8. The fourth-order valence-electron chi connectivity index (χ4n) is 6.50. The van der Waals surface area contributed by atoms with Crippen molar-refractivity contribution in [3.8, 4) is 0 Å². The van der Waals surface area contributed by atoms with Crippen molar-refractivity contribution < 1.29 is 23.9 Å². The summed E-state index contributed by atoms with van der Waals surface area (Å²) in [6, 6.07) is 5.99. The second kappa shape index (κ2) is 9.80. The van der Waals surface area contributed by atoms with E-state index in [1.54, 1.807) is 36.3 Å². The topological polar surface area (TPSA) is 97.0 Å². The average Bonchev–Trinajstić information content (AvgIpc) is 3.49. The van der Waals surface area contributed by atoms with Gasteiger partial charge >= 0.3 is 0 Å². The van der Waals surface area contributed by atoms with Crippen LogP contribution in [-0.2, 0) is 23.9 Å². The number of nitrogens with zero attached hydrogens (tertiary/aromatic N) is 1. The molecule has 3 heterocycles. The summed E-state index contributed by atoms with van der Waals surface area (Å²) < 4.78 is 11.6. The molecule has 5 rings (SSSR count). The van der Waals surface area contributed by atoms with Gasteiger partial charge in [-0.15, -0.1) is 0 Å². The first-order valence-corrected chi connectivity index (χ1v) is 13.2. The van der Waals surface area contributed by atoms with Gasteiger partial charge in [0, 0.05) is 30.4 Å². The van der Waals surface area contributed by atoms with Gasteiger partial charge in [-0.2, -0.15) is 0 Å². The smallest absolute Gasteiger partial charge is 0.246 e. The molecule has 8 atom stereocenters. The summed E-state index contributed by atoms with van der Waals surface area (Å²) in [4.78, 5) is 42.6. The fourth-order valence-corrected chi connectivity index (χ4v) is 6.63. The Bertz CT molecular complexity index is 1060. The molecule has 3 fully saturated rings. The van der Waals surface area contributed by atoms with Crippen LogP contribution in [0, 0.1) is 23.7 Å². The van der Waals surface area contributed by atoms with Gasteiger partial charge in [0.05, 0.1) is 24.5 Å². The van der Waals surface area contributed by atoms with E-state index >= 15 is 0 Å². The first-order valence-electron chi connectivity index (χ1n) is 12.8. The minimum Gasteiger partial charge on any atom is -0.383 e. The molecule has 2 N–H and O–H groups in total. The Balaban J connectivity index is 1.42. The number of fused-ring (bicyclic) bond motifs is 1.